The molecule has 5 nitrogen and oxygen atoms in total. The van der Waals surface area contributed by atoms with Gasteiger partial charge in [-0.05, 0) is 30.0 Å². The minimum atomic E-state index is -3.39. The normalized spacial score (nSPS) is 17.1. The smallest absolute Gasteiger partial charge is 0.222 e. The van der Waals surface area contributed by atoms with Gasteiger partial charge in [-0.2, -0.15) is 4.31 Å². The van der Waals surface area contributed by atoms with E-state index < -0.39 is 10.0 Å². The highest BCUT2D eigenvalue weighted by Gasteiger charge is 2.27. The summed E-state index contributed by atoms with van der Waals surface area (Å²) in [5.41, 5.74) is 0.719. The van der Waals surface area contributed by atoms with Crippen LogP contribution in [-0.2, 0) is 20.6 Å². The molecule has 0 saturated carbocycles. The summed E-state index contributed by atoms with van der Waals surface area (Å²) in [7, 11) is -3.39. The van der Waals surface area contributed by atoms with E-state index in [-0.39, 0.29) is 11.7 Å². The molecule has 0 radical (unpaired) electrons. The SMILES string of the molecule is CC(C)CC(=O)N1CCCN(S(=O)(=O)Cc2ccc(Cl)cc2)CC1. The maximum absolute atomic E-state index is 12.6. The predicted octanol–water partition coefficient (Wildman–Crippen LogP) is 2.75. The van der Waals surface area contributed by atoms with Crippen molar-refractivity contribution in [1.82, 2.24) is 9.21 Å². The first-order valence-corrected chi connectivity index (χ1v) is 10.3. The number of hydrogen-bond acceptors (Lipinski definition) is 3. The second kappa shape index (κ2) is 8.32. The Morgan fingerprint density at radius 1 is 1.12 bits per heavy atom. The van der Waals surface area contributed by atoms with Crippen LogP contribution in [0.2, 0.25) is 5.02 Å². The number of sulfonamides is 1. The molecule has 1 aromatic carbocycles. The number of rotatable bonds is 5. The van der Waals surface area contributed by atoms with Gasteiger partial charge in [-0.1, -0.05) is 37.6 Å². The number of carbonyl (C=O) groups is 1. The van der Waals surface area contributed by atoms with Crippen LogP contribution in [0.25, 0.3) is 0 Å². The molecule has 1 aromatic rings. The molecule has 24 heavy (non-hydrogen) atoms. The summed E-state index contributed by atoms with van der Waals surface area (Å²) >= 11 is 5.84. The first-order valence-electron chi connectivity index (χ1n) is 8.28. The van der Waals surface area contributed by atoms with Crippen LogP contribution in [0.15, 0.2) is 24.3 Å². The van der Waals surface area contributed by atoms with Gasteiger partial charge >= 0.3 is 0 Å². The van der Waals surface area contributed by atoms with Gasteiger partial charge in [0.15, 0.2) is 0 Å². The lowest BCUT2D eigenvalue weighted by Crippen LogP contribution is -2.38. The van der Waals surface area contributed by atoms with E-state index in [1.165, 1.54) is 4.31 Å². The third-order valence-electron chi connectivity index (χ3n) is 4.05. The number of hydrogen-bond donors (Lipinski definition) is 0. The van der Waals surface area contributed by atoms with Crippen molar-refractivity contribution in [3.63, 3.8) is 0 Å². The largest absolute Gasteiger partial charge is 0.341 e. The van der Waals surface area contributed by atoms with Crippen molar-refractivity contribution in [2.45, 2.75) is 32.4 Å². The van der Waals surface area contributed by atoms with Gasteiger partial charge in [0.05, 0.1) is 5.75 Å². The molecule has 1 amide bonds. The number of halogens is 1. The van der Waals surface area contributed by atoms with E-state index in [2.05, 4.69) is 0 Å². The van der Waals surface area contributed by atoms with Crippen LogP contribution in [0, 0.1) is 5.92 Å². The summed E-state index contributed by atoms with van der Waals surface area (Å²) in [6.45, 7) is 5.93. The third kappa shape index (κ3) is 5.46. The first kappa shape index (κ1) is 19.2. The summed E-state index contributed by atoms with van der Waals surface area (Å²) in [6.07, 6.45) is 1.18. The van der Waals surface area contributed by atoms with E-state index in [1.807, 2.05) is 13.8 Å². The van der Waals surface area contributed by atoms with Gasteiger partial charge in [0.2, 0.25) is 15.9 Å². The fourth-order valence-electron chi connectivity index (χ4n) is 2.78. The highest BCUT2D eigenvalue weighted by Crippen LogP contribution is 2.17. The van der Waals surface area contributed by atoms with Gasteiger partial charge in [-0.3, -0.25) is 4.79 Å². The van der Waals surface area contributed by atoms with Gasteiger partial charge in [-0.15, -0.1) is 0 Å². The quantitative estimate of drug-likeness (QED) is 0.798. The fourth-order valence-corrected chi connectivity index (χ4v) is 4.47. The van der Waals surface area contributed by atoms with Gasteiger partial charge in [0.1, 0.15) is 0 Å². The second-order valence-corrected chi connectivity index (χ2v) is 9.02. The number of amides is 1. The zero-order valence-corrected chi connectivity index (χ0v) is 15.8. The van der Waals surface area contributed by atoms with Gasteiger partial charge in [0, 0.05) is 37.6 Å². The van der Waals surface area contributed by atoms with E-state index in [4.69, 9.17) is 11.6 Å². The summed E-state index contributed by atoms with van der Waals surface area (Å²) in [5.74, 6) is 0.386. The number of benzene rings is 1. The Kier molecular flexibility index (Phi) is 6.66. The standard InChI is InChI=1S/C17H25ClN2O3S/c1-14(2)12-17(21)19-8-3-9-20(11-10-19)24(22,23)13-15-4-6-16(18)7-5-15/h4-7,14H,3,8-13H2,1-2H3. The molecule has 1 aliphatic rings. The van der Waals surface area contributed by atoms with Crippen LogP contribution >= 0.6 is 11.6 Å². The Balaban J connectivity index is 1.99. The Hall–Kier alpha value is -1.11. The lowest BCUT2D eigenvalue weighted by atomic mass is 10.1. The average molecular weight is 373 g/mol. The molecule has 0 unspecified atom stereocenters. The van der Waals surface area contributed by atoms with Crippen molar-refractivity contribution in [3.8, 4) is 0 Å². The van der Waals surface area contributed by atoms with Crippen LogP contribution in [0.3, 0.4) is 0 Å². The maximum Gasteiger partial charge on any atom is 0.222 e. The molecule has 2 rings (SSSR count). The van der Waals surface area contributed by atoms with Crippen LogP contribution in [0.4, 0.5) is 0 Å². The predicted molar refractivity (Wildman–Crippen MR) is 96.3 cm³/mol. The molecule has 0 spiro atoms. The lowest BCUT2D eigenvalue weighted by Gasteiger charge is -2.22. The molecular formula is C17H25ClN2O3S. The van der Waals surface area contributed by atoms with E-state index >= 15 is 0 Å². The van der Waals surface area contributed by atoms with E-state index in [1.54, 1.807) is 29.2 Å². The van der Waals surface area contributed by atoms with E-state index in [9.17, 15) is 13.2 Å². The Morgan fingerprint density at radius 2 is 1.79 bits per heavy atom. The van der Waals surface area contributed by atoms with Crippen LogP contribution in [0.1, 0.15) is 32.3 Å². The van der Waals surface area contributed by atoms with Crippen molar-refractivity contribution >= 4 is 27.5 Å². The third-order valence-corrected chi connectivity index (χ3v) is 6.15. The second-order valence-electron chi connectivity index (χ2n) is 6.61. The molecule has 1 heterocycles. The zero-order chi connectivity index (χ0) is 17.7. The average Bonchev–Trinajstić information content (AvgIpc) is 2.75. The van der Waals surface area contributed by atoms with Crippen LogP contribution in [-0.4, -0.2) is 49.7 Å². The topological polar surface area (TPSA) is 57.7 Å². The molecule has 1 saturated heterocycles. The maximum atomic E-state index is 12.6. The van der Waals surface area contributed by atoms with E-state index in [0.29, 0.717) is 50.0 Å². The van der Waals surface area contributed by atoms with Crippen LogP contribution < -0.4 is 0 Å². The van der Waals surface area contributed by atoms with Crippen molar-refractivity contribution in [2.24, 2.45) is 5.92 Å². The molecular weight excluding hydrogens is 348 g/mol. The van der Waals surface area contributed by atoms with Crippen molar-refractivity contribution in [2.75, 3.05) is 26.2 Å². The van der Waals surface area contributed by atoms with Crippen molar-refractivity contribution in [3.05, 3.63) is 34.9 Å². The first-order chi connectivity index (χ1) is 11.3. The molecule has 7 heteroatoms. The molecule has 1 aliphatic heterocycles. The Bertz CT molecular complexity index is 659. The fraction of sp³-hybridized carbons (Fsp3) is 0.588. The Labute approximate surface area is 149 Å². The summed E-state index contributed by atoms with van der Waals surface area (Å²) < 4.78 is 26.8. The highest BCUT2D eigenvalue weighted by atomic mass is 35.5. The summed E-state index contributed by atoms with van der Waals surface area (Å²) in [6, 6.07) is 6.86. The highest BCUT2D eigenvalue weighted by molar-refractivity contribution is 7.88. The van der Waals surface area contributed by atoms with Crippen LogP contribution in [0.5, 0.6) is 0 Å². The van der Waals surface area contributed by atoms with Gasteiger partial charge < -0.3 is 4.90 Å². The number of carbonyl (C=O) groups excluding carboxylic acids is 1. The van der Waals surface area contributed by atoms with Crippen molar-refractivity contribution in [1.29, 1.82) is 0 Å². The minimum absolute atomic E-state index is 0.0376. The molecule has 0 bridgehead atoms. The Morgan fingerprint density at radius 3 is 2.42 bits per heavy atom. The monoisotopic (exact) mass is 372 g/mol. The van der Waals surface area contributed by atoms with Gasteiger partial charge in [0.25, 0.3) is 0 Å². The molecule has 0 atom stereocenters. The molecule has 0 N–H and O–H groups in total. The minimum Gasteiger partial charge on any atom is -0.341 e. The zero-order valence-electron chi connectivity index (χ0n) is 14.2. The summed E-state index contributed by atoms with van der Waals surface area (Å²) in [5, 5.41) is 0.588. The molecule has 0 aliphatic carbocycles. The van der Waals surface area contributed by atoms with Gasteiger partial charge in [-0.25, -0.2) is 8.42 Å². The van der Waals surface area contributed by atoms with Crippen molar-refractivity contribution < 1.29 is 13.2 Å². The van der Waals surface area contributed by atoms with E-state index in [0.717, 1.165) is 5.56 Å². The number of nitrogens with zero attached hydrogens (tertiary/aromatic N) is 2. The summed E-state index contributed by atoms with van der Waals surface area (Å²) in [4.78, 5) is 14.0. The molecule has 0 aromatic heterocycles. The lowest BCUT2D eigenvalue weighted by molar-refractivity contribution is -0.131. The molecule has 134 valence electrons. The molecule has 1 fully saturated rings.